The summed E-state index contributed by atoms with van der Waals surface area (Å²) in [6.45, 7) is 18.2. The number of phenols is 1. The molecule has 760 valence electrons. The van der Waals surface area contributed by atoms with Crippen LogP contribution in [0, 0.1) is 23.7 Å². The first-order valence-corrected chi connectivity index (χ1v) is 45.4. The summed E-state index contributed by atoms with van der Waals surface area (Å²) in [5.74, 6) is -24.5. The van der Waals surface area contributed by atoms with E-state index in [9.17, 15) is 131 Å². The number of nitrogens with two attached hydrogens (primary N) is 3. The first-order valence-electron chi connectivity index (χ1n) is 44.0. The van der Waals surface area contributed by atoms with Gasteiger partial charge in [-0.1, -0.05) is 73.9 Å². The lowest BCUT2D eigenvalue weighted by Gasteiger charge is -2.30. The molecule has 0 spiro atoms. The van der Waals surface area contributed by atoms with E-state index in [1.807, 2.05) is 0 Å². The van der Waals surface area contributed by atoms with Gasteiger partial charge in [-0.3, -0.25) is 101 Å². The van der Waals surface area contributed by atoms with Crippen molar-refractivity contribution in [3.8, 4) is 5.75 Å². The maximum absolute atomic E-state index is 14.9. The molecule has 0 fully saturated rings. The Morgan fingerprint density at radius 2 is 0.728 bits per heavy atom. The fraction of sp³-hybridized carbons (Fsp3) is 0.631. The van der Waals surface area contributed by atoms with Crippen molar-refractivity contribution >= 4 is 142 Å². The number of phenolic OH excluding ortho intramolecular Hbond substituents is 1. The lowest BCUT2D eigenvalue weighted by Crippen LogP contribution is -2.62. The van der Waals surface area contributed by atoms with E-state index in [1.54, 1.807) is 47.8 Å². The molecule has 2 rings (SSSR count). The summed E-state index contributed by atoms with van der Waals surface area (Å²) in [5.41, 5.74) is 16.9. The van der Waals surface area contributed by atoms with E-state index in [2.05, 4.69) is 111 Å². The van der Waals surface area contributed by atoms with Crippen molar-refractivity contribution < 1.29 is 131 Å². The van der Waals surface area contributed by atoms with Crippen molar-refractivity contribution in [1.29, 1.82) is 0 Å². The second-order valence-electron chi connectivity index (χ2n) is 33.9. The van der Waals surface area contributed by atoms with Crippen LogP contribution in [0.25, 0.3) is 0 Å². The van der Waals surface area contributed by atoms with Crippen LogP contribution in [0.15, 0.2) is 36.8 Å². The van der Waals surface area contributed by atoms with E-state index in [-0.39, 0.29) is 47.9 Å². The molecular formula is C84H136N24O27S. The molecule has 2 aromatic rings. The molecule has 0 aliphatic rings. The van der Waals surface area contributed by atoms with Crippen LogP contribution in [0.4, 0.5) is 0 Å². The number of hydrogen-bond donors (Lipinski definition) is 28. The Bertz CT molecular complexity index is 4440. The predicted molar refractivity (Wildman–Crippen MR) is 487 cm³/mol. The minimum atomic E-state index is -1.97. The fourth-order valence-corrected chi connectivity index (χ4v) is 13.1. The van der Waals surface area contributed by atoms with Crippen molar-refractivity contribution in [3.63, 3.8) is 0 Å². The second-order valence-corrected chi connectivity index (χ2v) is 34.9. The lowest BCUT2D eigenvalue weighted by molar-refractivity contribution is -0.143. The molecule has 21 amide bonds. The van der Waals surface area contributed by atoms with Gasteiger partial charge < -0.3 is 149 Å². The standard InChI is InChI=1S/C84H136N24O27S/c1-17-40(8)65(106-72(122)44(12)96-82(132)67(46(14)110)107-71(121)43(11)95-60(116)33-92-79(129)66(45(13)109)103-62(118)35-90-70(120)42(10)94-59(115)32-89-69(119)41(9)85)78(128)91-34-61(117)97-53(26-27-136-16)75(125)105-64(39(6)7)81(131)108-68(47(15)111)83(133)99-51(22-24-57(86)113)73(123)100-54(29-48-18-20-50(112)21-19-48)76(126)101-55(30-49-31-88-36-93-49)77(127)98-52(23-25-58(87)114)74(124)104-63(38(4)5)80(130)102-56(84(134)135)28-37(2)3/h18-21,31,36-47,51-56,63-68,109-112H,17,22-30,32-35,85H2,1-16H3,(H2,86,113)(H2,87,114)(H,88,93)(H,89,119)(H,90,120)(H,91,128)(H,92,129)(H,94,115)(H,95,116)(H,96,132)(H,97,117)(H,98,127)(H,99,133)(H,100,123)(H,101,126)(H,102,130)(H,103,118)(H,104,124)(H,105,125)(H,106,122)(H,107,121)(H,108,131)(H,134,135)/t40-,41-,42-,43-,44-,45+,46+,47+,51-,52-,53-,54-,55-,56-,63-,64-,65-,66-,67-,68-/m0/s1. The number of aliphatic hydroxyl groups excluding tert-OH is 3. The third kappa shape index (κ3) is 43.4. The molecule has 0 unspecified atom stereocenters. The molecule has 0 aliphatic carbocycles. The Kier molecular flexibility index (Phi) is 52.0. The summed E-state index contributed by atoms with van der Waals surface area (Å²) in [6.07, 6.45) is -3.60. The number of imidazole rings is 1. The molecule has 1 aromatic carbocycles. The number of carboxylic acids is 1. The van der Waals surface area contributed by atoms with E-state index in [4.69, 9.17) is 17.2 Å². The largest absolute Gasteiger partial charge is 0.508 e. The van der Waals surface area contributed by atoms with Gasteiger partial charge in [0.05, 0.1) is 56.9 Å². The van der Waals surface area contributed by atoms with E-state index in [0.717, 1.165) is 27.7 Å². The molecule has 0 bridgehead atoms. The number of H-pyrrole nitrogens is 1. The van der Waals surface area contributed by atoms with Crippen molar-refractivity contribution in [2.75, 3.05) is 38.2 Å². The van der Waals surface area contributed by atoms with Crippen molar-refractivity contribution in [3.05, 3.63) is 48.0 Å². The minimum Gasteiger partial charge on any atom is -0.508 e. The molecule has 1 heterocycles. The van der Waals surface area contributed by atoms with Crippen molar-refractivity contribution in [1.82, 2.24) is 111 Å². The number of aromatic hydroxyl groups is 1. The number of primary amides is 2. The van der Waals surface area contributed by atoms with Crippen LogP contribution < -0.4 is 118 Å². The quantitative estimate of drug-likeness (QED) is 0.0292. The number of carbonyl (C=O) groups is 22. The average molecular weight is 1950 g/mol. The van der Waals surface area contributed by atoms with Gasteiger partial charge in [0.2, 0.25) is 124 Å². The summed E-state index contributed by atoms with van der Waals surface area (Å²) in [6, 6.07) is -19.3. The fourth-order valence-electron chi connectivity index (χ4n) is 12.6. The summed E-state index contributed by atoms with van der Waals surface area (Å²) >= 11 is 1.26. The maximum Gasteiger partial charge on any atom is 0.326 e. The molecule has 20 atom stereocenters. The Hall–Kier alpha value is -13.2. The van der Waals surface area contributed by atoms with Crippen LogP contribution in [0.2, 0.25) is 0 Å². The molecule has 0 saturated heterocycles. The minimum absolute atomic E-state index is 0.0316. The zero-order chi connectivity index (χ0) is 103. The number of benzene rings is 1. The number of carbonyl (C=O) groups excluding carboxylic acids is 21. The van der Waals surface area contributed by atoms with E-state index in [0.29, 0.717) is 0 Å². The van der Waals surface area contributed by atoms with E-state index < -0.39 is 327 Å². The highest BCUT2D eigenvalue weighted by Crippen LogP contribution is 2.17. The Morgan fingerprint density at radius 3 is 1.15 bits per heavy atom. The lowest BCUT2D eigenvalue weighted by atomic mass is 9.98. The highest BCUT2D eigenvalue weighted by atomic mass is 32.2. The SMILES string of the molecule is CC[C@H](C)[C@H](NC(=O)[C@H](C)NC(=O)[C@@H](NC(=O)[C@H](C)NC(=O)CNC(=O)[C@@H](NC(=O)CNC(=O)[C@H](C)NC(=O)CNC(=O)[C@H](C)N)[C@@H](C)O)[C@@H](C)O)C(=O)NCC(=O)N[C@@H](CCSC)C(=O)N[C@H](C(=O)N[C@H](C(=O)N[C@@H](CCC(N)=O)C(=O)N[C@@H](Cc1ccc(O)cc1)C(=O)N[C@@H](Cc1cnc[nH]1)C(=O)N[C@@H](CCC(N)=O)C(=O)N[C@H](C(=O)N[C@@H](CC(C)C)C(=O)O)C(C)C)[C@@H](C)O)C(C)C. The summed E-state index contributed by atoms with van der Waals surface area (Å²) < 4.78 is 0. The number of aliphatic carboxylic acids is 1. The van der Waals surface area contributed by atoms with Crippen molar-refractivity contribution in [2.24, 2.45) is 40.9 Å². The average Bonchev–Trinajstić information content (AvgIpc) is 0.874. The van der Waals surface area contributed by atoms with Gasteiger partial charge in [0, 0.05) is 37.6 Å². The number of nitrogens with one attached hydrogen (secondary N) is 20. The van der Waals surface area contributed by atoms with Gasteiger partial charge >= 0.3 is 5.97 Å². The number of carboxylic acid groups (broad SMARTS) is 1. The van der Waals surface area contributed by atoms with E-state index in [1.165, 1.54) is 83.2 Å². The predicted octanol–water partition coefficient (Wildman–Crippen LogP) is -10.0. The number of amides is 21. The zero-order valence-corrected chi connectivity index (χ0v) is 79.8. The highest BCUT2D eigenvalue weighted by molar-refractivity contribution is 7.98. The normalized spacial score (nSPS) is 15.6. The summed E-state index contributed by atoms with van der Waals surface area (Å²) in [5, 5.41) is 97.3. The van der Waals surface area contributed by atoms with E-state index >= 15 is 0 Å². The van der Waals surface area contributed by atoms with Gasteiger partial charge in [0.15, 0.2) is 0 Å². The number of thioether (sulfide) groups is 1. The zero-order valence-electron chi connectivity index (χ0n) is 78.9. The monoisotopic (exact) mass is 1940 g/mol. The van der Waals surface area contributed by atoms with Crippen LogP contribution in [0.5, 0.6) is 5.75 Å². The Morgan fingerprint density at radius 1 is 0.382 bits per heavy atom. The molecule has 136 heavy (non-hydrogen) atoms. The van der Waals surface area contributed by atoms with Gasteiger partial charge in [-0.15, -0.1) is 0 Å². The van der Waals surface area contributed by atoms with Gasteiger partial charge in [0.25, 0.3) is 0 Å². The topological polar surface area (TPSA) is 812 Å². The van der Waals surface area contributed by atoms with Gasteiger partial charge in [-0.05, 0) is 128 Å². The first kappa shape index (κ1) is 119. The molecular weight excluding hydrogens is 1810 g/mol. The van der Waals surface area contributed by atoms with Crippen LogP contribution in [0.3, 0.4) is 0 Å². The Balaban J connectivity index is 2.31. The van der Waals surface area contributed by atoms with Crippen LogP contribution >= 0.6 is 11.8 Å². The molecule has 51 nitrogen and oxygen atoms in total. The number of nitrogens with zero attached hydrogens (tertiary/aromatic N) is 1. The third-order valence-corrected chi connectivity index (χ3v) is 21.4. The van der Waals surface area contributed by atoms with Crippen LogP contribution in [-0.2, 0) is 118 Å². The number of aliphatic hydroxyl groups is 3. The molecule has 31 N–H and O–H groups in total. The number of aromatic amines is 1. The van der Waals surface area contributed by atoms with Crippen LogP contribution in [0.1, 0.15) is 160 Å². The van der Waals surface area contributed by atoms with Crippen molar-refractivity contribution in [2.45, 2.75) is 277 Å². The van der Waals surface area contributed by atoms with Crippen LogP contribution in [-0.4, -0.2) is 319 Å². The van der Waals surface area contributed by atoms with Gasteiger partial charge in [-0.25, -0.2) is 9.78 Å². The summed E-state index contributed by atoms with van der Waals surface area (Å²) in [7, 11) is 0. The second kappa shape index (κ2) is 59.5. The van der Waals surface area contributed by atoms with Gasteiger partial charge in [0.1, 0.15) is 96.4 Å². The Labute approximate surface area is 789 Å². The number of hydrogen-bond acceptors (Lipinski definition) is 29. The number of rotatable bonds is 61. The maximum atomic E-state index is 14.9. The highest BCUT2D eigenvalue weighted by Gasteiger charge is 2.41. The van der Waals surface area contributed by atoms with Gasteiger partial charge in [-0.2, -0.15) is 11.8 Å². The molecule has 0 aliphatic heterocycles. The molecule has 0 saturated carbocycles. The first-order chi connectivity index (χ1) is 63.5. The number of aromatic nitrogens is 2. The molecule has 0 radical (unpaired) electrons. The smallest absolute Gasteiger partial charge is 0.326 e. The molecule has 1 aromatic heterocycles. The summed E-state index contributed by atoms with van der Waals surface area (Å²) in [4.78, 5) is 302. The molecule has 52 heteroatoms. The third-order valence-electron chi connectivity index (χ3n) is 20.7.